The van der Waals surface area contributed by atoms with Gasteiger partial charge in [-0.3, -0.25) is 9.48 Å². The summed E-state index contributed by atoms with van der Waals surface area (Å²) in [6, 6.07) is 25.1. The van der Waals surface area contributed by atoms with Crippen LogP contribution in [0.1, 0.15) is 15.9 Å². The maximum absolute atomic E-state index is 13.3. The van der Waals surface area contributed by atoms with E-state index in [0.717, 1.165) is 22.5 Å². The number of nitrogens with zero attached hydrogens (tertiary/aromatic N) is 3. The quantitative estimate of drug-likeness (QED) is 0.355. The summed E-state index contributed by atoms with van der Waals surface area (Å²) in [5.41, 5.74) is 4.62. The number of hydrogen-bond acceptors (Lipinski definition) is 4. The van der Waals surface area contributed by atoms with Gasteiger partial charge in [-0.05, 0) is 42.0 Å². The van der Waals surface area contributed by atoms with E-state index in [4.69, 9.17) is 9.84 Å². The molecule has 3 aromatic carbocycles. The highest BCUT2D eigenvalue weighted by Gasteiger charge is 2.19. The second-order valence-electron chi connectivity index (χ2n) is 7.78. The van der Waals surface area contributed by atoms with Crippen molar-refractivity contribution in [2.75, 3.05) is 12.4 Å². The fraction of sp³-hybridized carbons (Fsp3) is 0.0741. The fourth-order valence-electron chi connectivity index (χ4n) is 3.76. The Morgan fingerprint density at radius 1 is 1.00 bits per heavy atom. The lowest BCUT2D eigenvalue weighted by molar-refractivity contribution is 0.102. The predicted octanol–water partition coefficient (Wildman–Crippen LogP) is 5.25. The molecule has 0 aliphatic carbocycles. The number of aromatic nitrogens is 4. The highest BCUT2D eigenvalue weighted by atomic mass is 16.5. The van der Waals surface area contributed by atoms with Crippen molar-refractivity contribution >= 4 is 11.6 Å². The van der Waals surface area contributed by atoms with Crippen LogP contribution in [0.3, 0.4) is 0 Å². The van der Waals surface area contributed by atoms with Gasteiger partial charge in [-0.25, -0.2) is 4.98 Å². The Labute approximate surface area is 197 Å². The molecule has 0 bridgehead atoms. The van der Waals surface area contributed by atoms with Crippen molar-refractivity contribution < 1.29 is 9.53 Å². The SMILES string of the molecule is COc1cccc(-c2nn(Cc3ccccc3)cc2C(=O)Nc2ccc(-c3ncc[nH]3)cc2)c1. The highest BCUT2D eigenvalue weighted by Crippen LogP contribution is 2.27. The Hall–Kier alpha value is -4.65. The number of aromatic amines is 1. The molecule has 34 heavy (non-hydrogen) atoms. The van der Waals surface area contributed by atoms with Gasteiger partial charge in [0, 0.05) is 35.4 Å². The van der Waals surface area contributed by atoms with E-state index in [9.17, 15) is 4.79 Å². The normalized spacial score (nSPS) is 10.7. The zero-order valence-corrected chi connectivity index (χ0v) is 18.6. The Morgan fingerprint density at radius 2 is 1.82 bits per heavy atom. The van der Waals surface area contributed by atoms with Gasteiger partial charge in [0.05, 0.1) is 19.2 Å². The third kappa shape index (κ3) is 4.59. The standard InChI is InChI=1S/C27H23N5O2/c1-34-23-9-5-8-21(16-23)25-24(18-32(31-25)17-19-6-3-2-4-7-19)27(33)30-22-12-10-20(11-13-22)26-28-14-15-29-26/h2-16,18H,17H2,1H3,(H,28,29)(H,30,33). The van der Waals surface area contributed by atoms with Crippen molar-refractivity contribution in [3.8, 4) is 28.4 Å². The summed E-state index contributed by atoms with van der Waals surface area (Å²) in [5, 5.41) is 7.74. The molecule has 5 rings (SSSR count). The molecule has 5 aromatic rings. The van der Waals surface area contributed by atoms with E-state index in [-0.39, 0.29) is 5.91 Å². The molecule has 1 amide bonds. The number of hydrogen-bond donors (Lipinski definition) is 2. The molecule has 7 nitrogen and oxygen atoms in total. The van der Waals surface area contributed by atoms with Crippen LogP contribution in [-0.4, -0.2) is 32.8 Å². The van der Waals surface area contributed by atoms with E-state index in [1.165, 1.54) is 0 Å². The second kappa shape index (κ2) is 9.46. The van der Waals surface area contributed by atoms with Crippen molar-refractivity contribution in [1.29, 1.82) is 0 Å². The Morgan fingerprint density at radius 3 is 2.56 bits per heavy atom. The number of H-pyrrole nitrogens is 1. The van der Waals surface area contributed by atoms with Crippen LogP contribution in [0.4, 0.5) is 5.69 Å². The van der Waals surface area contributed by atoms with Crippen molar-refractivity contribution in [3.05, 3.63) is 109 Å². The number of amides is 1. The van der Waals surface area contributed by atoms with Gasteiger partial charge >= 0.3 is 0 Å². The van der Waals surface area contributed by atoms with Gasteiger partial charge in [0.2, 0.25) is 0 Å². The van der Waals surface area contributed by atoms with E-state index in [0.29, 0.717) is 29.2 Å². The van der Waals surface area contributed by atoms with Crippen molar-refractivity contribution in [1.82, 2.24) is 19.7 Å². The molecule has 7 heteroatoms. The summed E-state index contributed by atoms with van der Waals surface area (Å²) in [5.74, 6) is 1.25. The number of ether oxygens (including phenoxy) is 1. The maximum Gasteiger partial charge on any atom is 0.259 e. The highest BCUT2D eigenvalue weighted by molar-refractivity contribution is 6.08. The topological polar surface area (TPSA) is 84.8 Å². The molecule has 0 unspecified atom stereocenters. The average Bonchev–Trinajstić information content (AvgIpc) is 3.56. The lowest BCUT2D eigenvalue weighted by Crippen LogP contribution is -2.12. The van der Waals surface area contributed by atoms with Gasteiger partial charge in [0.25, 0.3) is 5.91 Å². The first-order chi connectivity index (χ1) is 16.7. The Kier molecular flexibility index (Phi) is 5.90. The molecule has 0 atom stereocenters. The van der Waals surface area contributed by atoms with E-state index < -0.39 is 0 Å². The van der Waals surface area contributed by atoms with Crippen LogP contribution in [0.25, 0.3) is 22.6 Å². The molecule has 0 spiro atoms. The number of carbonyl (C=O) groups excluding carboxylic acids is 1. The molecule has 2 N–H and O–H groups in total. The average molecular weight is 450 g/mol. The number of methoxy groups -OCH3 is 1. The smallest absolute Gasteiger partial charge is 0.259 e. The first-order valence-electron chi connectivity index (χ1n) is 10.9. The number of imidazole rings is 1. The van der Waals surface area contributed by atoms with Gasteiger partial charge in [-0.2, -0.15) is 5.10 Å². The van der Waals surface area contributed by atoms with E-state index in [1.54, 1.807) is 30.4 Å². The third-order valence-electron chi connectivity index (χ3n) is 5.45. The molecule has 0 aliphatic heterocycles. The predicted molar refractivity (Wildman–Crippen MR) is 132 cm³/mol. The van der Waals surface area contributed by atoms with Crippen LogP contribution in [0.5, 0.6) is 5.75 Å². The maximum atomic E-state index is 13.3. The Bertz CT molecular complexity index is 1390. The van der Waals surface area contributed by atoms with Crippen LogP contribution in [0, 0.1) is 0 Å². The number of carbonyl (C=O) groups is 1. The van der Waals surface area contributed by atoms with Crippen LogP contribution in [0.15, 0.2) is 97.5 Å². The molecule has 2 aromatic heterocycles. The van der Waals surface area contributed by atoms with Crippen LogP contribution >= 0.6 is 0 Å². The minimum Gasteiger partial charge on any atom is -0.497 e. The molecule has 168 valence electrons. The van der Waals surface area contributed by atoms with Gasteiger partial charge in [-0.1, -0.05) is 42.5 Å². The van der Waals surface area contributed by atoms with E-state index in [2.05, 4.69) is 15.3 Å². The number of nitrogens with one attached hydrogen (secondary N) is 2. The van der Waals surface area contributed by atoms with Gasteiger partial charge in [0.15, 0.2) is 0 Å². The van der Waals surface area contributed by atoms with Crippen molar-refractivity contribution in [2.24, 2.45) is 0 Å². The third-order valence-corrected chi connectivity index (χ3v) is 5.45. The first kappa shape index (κ1) is 21.2. The summed E-state index contributed by atoms with van der Waals surface area (Å²) >= 11 is 0. The van der Waals surface area contributed by atoms with Crippen molar-refractivity contribution in [3.63, 3.8) is 0 Å². The molecule has 2 heterocycles. The molecule has 0 saturated carbocycles. The van der Waals surface area contributed by atoms with E-state index in [1.807, 2.05) is 78.9 Å². The minimum absolute atomic E-state index is 0.233. The summed E-state index contributed by atoms with van der Waals surface area (Å²) in [4.78, 5) is 20.7. The van der Waals surface area contributed by atoms with Crippen molar-refractivity contribution in [2.45, 2.75) is 6.54 Å². The lowest BCUT2D eigenvalue weighted by atomic mass is 10.1. The lowest BCUT2D eigenvalue weighted by Gasteiger charge is -2.07. The molecule has 0 saturated heterocycles. The largest absolute Gasteiger partial charge is 0.497 e. The zero-order chi connectivity index (χ0) is 23.3. The van der Waals surface area contributed by atoms with Crippen LogP contribution < -0.4 is 10.1 Å². The molecule has 0 fully saturated rings. The molecule has 0 aliphatic rings. The summed E-state index contributed by atoms with van der Waals surface area (Å²) in [7, 11) is 1.62. The zero-order valence-electron chi connectivity index (χ0n) is 18.6. The van der Waals surface area contributed by atoms with Gasteiger partial charge < -0.3 is 15.0 Å². The molecular weight excluding hydrogens is 426 g/mol. The molecule has 0 radical (unpaired) electrons. The van der Waals surface area contributed by atoms with E-state index >= 15 is 0 Å². The monoisotopic (exact) mass is 449 g/mol. The summed E-state index contributed by atoms with van der Waals surface area (Å²) in [6.07, 6.45) is 5.27. The molecular formula is C27H23N5O2. The minimum atomic E-state index is -0.233. The Balaban J connectivity index is 1.45. The van der Waals surface area contributed by atoms with Crippen LogP contribution in [0.2, 0.25) is 0 Å². The summed E-state index contributed by atoms with van der Waals surface area (Å²) < 4.78 is 7.16. The number of anilines is 1. The number of benzene rings is 3. The van der Waals surface area contributed by atoms with Gasteiger partial charge in [0.1, 0.15) is 17.3 Å². The fourth-order valence-corrected chi connectivity index (χ4v) is 3.76. The van der Waals surface area contributed by atoms with Crippen LogP contribution in [-0.2, 0) is 6.54 Å². The first-order valence-corrected chi connectivity index (χ1v) is 10.9. The second-order valence-corrected chi connectivity index (χ2v) is 7.78. The van der Waals surface area contributed by atoms with Gasteiger partial charge in [-0.15, -0.1) is 0 Å². The summed E-state index contributed by atoms with van der Waals surface area (Å²) in [6.45, 7) is 0.558. The number of rotatable bonds is 7.